The number of H-pyrrole nitrogens is 1. The highest BCUT2D eigenvalue weighted by atomic mass is 32.2. The van der Waals surface area contributed by atoms with E-state index in [0.717, 1.165) is 11.3 Å². The van der Waals surface area contributed by atoms with E-state index < -0.39 is 10.0 Å². The molecule has 0 atom stereocenters. The number of hydrogen-bond acceptors (Lipinski definition) is 6. The van der Waals surface area contributed by atoms with Crippen molar-refractivity contribution in [2.75, 3.05) is 17.9 Å². The van der Waals surface area contributed by atoms with E-state index in [4.69, 9.17) is 9.47 Å². The van der Waals surface area contributed by atoms with Gasteiger partial charge in [0.2, 0.25) is 5.95 Å². The van der Waals surface area contributed by atoms with E-state index in [1.807, 2.05) is 0 Å². The van der Waals surface area contributed by atoms with Crippen LogP contribution in [-0.4, -0.2) is 36.8 Å². The fraction of sp³-hybridized carbons (Fsp3) is 0.333. The minimum absolute atomic E-state index is 0.00944. The molecule has 0 radical (unpaired) electrons. The van der Waals surface area contributed by atoms with Crippen LogP contribution in [0.3, 0.4) is 0 Å². The lowest BCUT2D eigenvalue weighted by Gasteiger charge is -2.06. The molecular weight excluding hydrogens is 296 g/mol. The minimum Gasteiger partial charge on any atom is -0.493 e. The van der Waals surface area contributed by atoms with Crippen LogP contribution in [0.2, 0.25) is 0 Å². The standard InChI is InChI=1S/C12H14N4O4S/c1-2-19-12-13-11(14-15-12)16-21(17,18)9-3-4-10-8(7-9)5-6-20-10/h3-4,7H,2,5-6H2,1H3,(H2,13,14,15,16). The summed E-state index contributed by atoms with van der Waals surface area (Å²) in [4.78, 5) is 4.03. The van der Waals surface area contributed by atoms with Gasteiger partial charge >= 0.3 is 6.01 Å². The van der Waals surface area contributed by atoms with Crippen LogP contribution in [-0.2, 0) is 16.4 Å². The lowest BCUT2D eigenvalue weighted by Crippen LogP contribution is -2.14. The maximum absolute atomic E-state index is 12.3. The van der Waals surface area contributed by atoms with Crippen molar-refractivity contribution in [3.63, 3.8) is 0 Å². The lowest BCUT2D eigenvalue weighted by atomic mass is 10.2. The Hall–Kier alpha value is -2.29. The van der Waals surface area contributed by atoms with Gasteiger partial charge in [-0.25, -0.2) is 18.2 Å². The Morgan fingerprint density at radius 2 is 2.33 bits per heavy atom. The molecule has 1 aliphatic rings. The van der Waals surface area contributed by atoms with Crippen LogP contribution < -0.4 is 14.2 Å². The molecule has 0 bridgehead atoms. The van der Waals surface area contributed by atoms with Gasteiger partial charge in [0, 0.05) is 6.42 Å². The number of nitrogens with one attached hydrogen (secondary N) is 2. The van der Waals surface area contributed by atoms with Crippen LogP contribution >= 0.6 is 0 Å². The number of hydrogen-bond donors (Lipinski definition) is 2. The van der Waals surface area contributed by atoms with Crippen molar-refractivity contribution in [2.45, 2.75) is 18.2 Å². The molecule has 0 saturated heterocycles. The van der Waals surface area contributed by atoms with Crippen LogP contribution in [0.4, 0.5) is 5.95 Å². The third-order valence-corrected chi connectivity index (χ3v) is 4.28. The molecule has 1 aliphatic heterocycles. The molecule has 21 heavy (non-hydrogen) atoms. The molecule has 0 aliphatic carbocycles. The highest BCUT2D eigenvalue weighted by Gasteiger charge is 2.20. The summed E-state index contributed by atoms with van der Waals surface area (Å²) in [5.41, 5.74) is 0.880. The molecule has 1 aromatic carbocycles. The summed E-state index contributed by atoms with van der Waals surface area (Å²) in [5.74, 6) is 0.738. The van der Waals surface area contributed by atoms with Gasteiger partial charge in [0.1, 0.15) is 5.75 Å². The summed E-state index contributed by atoms with van der Waals surface area (Å²) >= 11 is 0. The molecule has 9 heteroatoms. The first kappa shape index (κ1) is 13.7. The van der Waals surface area contributed by atoms with E-state index in [0.29, 0.717) is 19.6 Å². The molecule has 0 amide bonds. The number of fused-ring (bicyclic) bond motifs is 1. The third-order valence-electron chi connectivity index (χ3n) is 2.94. The first-order valence-electron chi connectivity index (χ1n) is 6.42. The van der Waals surface area contributed by atoms with Crippen molar-refractivity contribution < 1.29 is 17.9 Å². The van der Waals surface area contributed by atoms with E-state index in [-0.39, 0.29) is 16.9 Å². The number of aromatic nitrogens is 3. The molecule has 2 N–H and O–H groups in total. The molecule has 3 rings (SSSR count). The van der Waals surface area contributed by atoms with Crippen LogP contribution in [0.15, 0.2) is 23.1 Å². The van der Waals surface area contributed by atoms with Crippen molar-refractivity contribution in [2.24, 2.45) is 0 Å². The van der Waals surface area contributed by atoms with Crippen molar-refractivity contribution in [3.8, 4) is 11.8 Å². The molecule has 112 valence electrons. The van der Waals surface area contributed by atoms with E-state index in [1.54, 1.807) is 19.1 Å². The Bertz CT molecular complexity index is 756. The summed E-state index contributed by atoms with van der Waals surface area (Å²) in [6, 6.07) is 4.84. The van der Waals surface area contributed by atoms with Gasteiger partial charge in [0.05, 0.1) is 18.1 Å². The zero-order chi connectivity index (χ0) is 14.9. The number of ether oxygens (including phenoxy) is 2. The summed E-state index contributed by atoms with van der Waals surface area (Å²) in [5, 5.41) is 6.20. The fourth-order valence-electron chi connectivity index (χ4n) is 2.00. The molecule has 8 nitrogen and oxygen atoms in total. The number of benzene rings is 1. The summed E-state index contributed by atoms with van der Waals surface area (Å²) < 4.78 is 37.3. The smallest absolute Gasteiger partial charge is 0.337 e. The Morgan fingerprint density at radius 1 is 1.48 bits per heavy atom. The SMILES string of the molecule is CCOc1n[nH]c(NS(=O)(=O)c2ccc3c(c2)CCO3)n1. The first-order chi connectivity index (χ1) is 10.1. The number of nitrogens with zero attached hydrogens (tertiary/aromatic N) is 2. The maximum atomic E-state index is 12.3. The molecule has 2 aromatic rings. The van der Waals surface area contributed by atoms with E-state index in [2.05, 4.69) is 19.9 Å². The quantitative estimate of drug-likeness (QED) is 0.851. The van der Waals surface area contributed by atoms with Gasteiger partial charge in [0.15, 0.2) is 0 Å². The van der Waals surface area contributed by atoms with Gasteiger partial charge < -0.3 is 9.47 Å². The number of anilines is 1. The topological polar surface area (TPSA) is 106 Å². The van der Waals surface area contributed by atoms with Gasteiger partial charge in [-0.2, -0.15) is 4.98 Å². The van der Waals surface area contributed by atoms with E-state index >= 15 is 0 Å². The average molecular weight is 310 g/mol. The first-order valence-corrected chi connectivity index (χ1v) is 7.90. The Kier molecular flexibility index (Phi) is 3.42. The van der Waals surface area contributed by atoms with Crippen molar-refractivity contribution in [1.29, 1.82) is 0 Å². The highest BCUT2D eigenvalue weighted by molar-refractivity contribution is 7.92. The largest absolute Gasteiger partial charge is 0.493 e. The van der Waals surface area contributed by atoms with Crippen LogP contribution in [0.5, 0.6) is 11.8 Å². The Balaban J connectivity index is 1.82. The molecule has 2 heterocycles. The summed E-state index contributed by atoms with van der Waals surface area (Å²) in [6.45, 7) is 2.76. The fourth-order valence-corrected chi connectivity index (χ4v) is 3.01. The average Bonchev–Trinajstić information content (AvgIpc) is 3.07. The van der Waals surface area contributed by atoms with Gasteiger partial charge in [-0.1, -0.05) is 0 Å². The predicted molar refractivity (Wildman–Crippen MR) is 74.0 cm³/mol. The Labute approximate surface area is 121 Å². The Morgan fingerprint density at radius 3 is 3.14 bits per heavy atom. The third kappa shape index (κ3) is 2.77. The van der Waals surface area contributed by atoms with Gasteiger partial charge in [-0.15, -0.1) is 5.10 Å². The molecule has 1 aromatic heterocycles. The van der Waals surface area contributed by atoms with Crippen LogP contribution in [0, 0.1) is 0 Å². The monoisotopic (exact) mass is 310 g/mol. The second-order valence-electron chi connectivity index (χ2n) is 4.37. The van der Waals surface area contributed by atoms with Crippen molar-refractivity contribution >= 4 is 16.0 Å². The van der Waals surface area contributed by atoms with Crippen LogP contribution in [0.1, 0.15) is 12.5 Å². The number of sulfonamides is 1. The van der Waals surface area contributed by atoms with Crippen molar-refractivity contribution in [3.05, 3.63) is 23.8 Å². The van der Waals surface area contributed by atoms with Gasteiger partial charge in [0.25, 0.3) is 10.0 Å². The lowest BCUT2D eigenvalue weighted by molar-refractivity contribution is 0.314. The van der Waals surface area contributed by atoms with E-state index in [9.17, 15) is 8.42 Å². The molecule has 0 saturated carbocycles. The van der Waals surface area contributed by atoms with Gasteiger partial charge in [-0.3, -0.25) is 0 Å². The second kappa shape index (κ2) is 5.24. The summed E-state index contributed by atoms with van der Waals surface area (Å²) in [6.07, 6.45) is 0.704. The molecular formula is C12H14N4O4S. The normalized spacial score (nSPS) is 13.6. The molecule has 0 unspecified atom stereocenters. The predicted octanol–water partition coefficient (Wildman–Crippen LogP) is 0.939. The minimum atomic E-state index is -3.73. The number of aromatic amines is 1. The van der Waals surface area contributed by atoms with Gasteiger partial charge in [-0.05, 0) is 30.7 Å². The zero-order valence-corrected chi connectivity index (χ0v) is 12.1. The van der Waals surface area contributed by atoms with Crippen LogP contribution in [0.25, 0.3) is 0 Å². The highest BCUT2D eigenvalue weighted by Crippen LogP contribution is 2.28. The van der Waals surface area contributed by atoms with Crippen molar-refractivity contribution in [1.82, 2.24) is 15.2 Å². The zero-order valence-electron chi connectivity index (χ0n) is 11.3. The van der Waals surface area contributed by atoms with E-state index in [1.165, 1.54) is 6.07 Å². The summed E-state index contributed by atoms with van der Waals surface area (Å²) in [7, 11) is -3.73. The maximum Gasteiger partial charge on any atom is 0.337 e. The molecule has 0 spiro atoms. The molecule has 0 fully saturated rings. The second-order valence-corrected chi connectivity index (χ2v) is 6.06. The number of rotatable bonds is 5.